The molecule has 0 radical (unpaired) electrons. The Morgan fingerprint density at radius 3 is 2.73 bits per heavy atom. The van der Waals surface area contributed by atoms with Crippen LogP contribution >= 0.6 is 11.3 Å². The van der Waals surface area contributed by atoms with Gasteiger partial charge in [-0.05, 0) is 81.8 Å². The minimum absolute atomic E-state index is 0.00603. The summed E-state index contributed by atoms with van der Waals surface area (Å²) >= 11 is 1.55. The van der Waals surface area contributed by atoms with Gasteiger partial charge in [0.25, 0.3) is 0 Å². The highest BCUT2D eigenvalue weighted by molar-refractivity contribution is 7.17. The van der Waals surface area contributed by atoms with Crippen molar-refractivity contribution in [1.82, 2.24) is 15.1 Å². The maximum atomic E-state index is 11.7. The molecule has 190 valence electrons. The molecule has 3 aliphatic rings. The summed E-state index contributed by atoms with van der Waals surface area (Å²) in [4.78, 5) is 14.1. The number of carbonyl (C=O) groups is 1. The van der Waals surface area contributed by atoms with Gasteiger partial charge in [0.15, 0.2) is 0 Å². The molecule has 1 spiro atoms. The van der Waals surface area contributed by atoms with Gasteiger partial charge in [-0.1, -0.05) is 29.5 Å². The SMILES string of the molecule is CC(C)Oc1ccc(-c2nnc(-c3cccc4c3CCC43CCN(CC4(C(=O)O)CC4)C3)s2)cc1C#N. The zero-order chi connectivity index (χ0) is 25.8. The number of nitriles is 1. The Balaban J connectivity index is 1.26. The molecular weight excluding hydrogens is 484 g/mol. The minimum Gasteiger partial charge on any atom is -0.490 e. The van der Waals surface area contributed by atoms with E-state index in [4.69, 9.17) is 4.74 Å². The van der Waals surface area contributed by atoms with Crippen LogP contribution in [0.4, 0.5) is 0 Å². The maximum Gasteiger partial charge on any atom is 0.310 e. The third-order valence-corrected chi connectivity index (χ3v) is 9.24. The number of likely N-dealkylation sites (tertiary alicyclic amines) is 1. The van der Waals surface area contributed by atoms with Crippen LogP contribution in [0.1, 0.15) is 56.2 Å². The van der Waals surface area contributed by atoms with Crippen molar-refractivity contribution in [2.24, 2.45) is 5.41 Å². The van der Waals surface area contributed by atoms with Crippen molar-refractivity contribution >= 4 is 17.3 Å². The molecular formula is C29H30N4O3S. The molecule has 1 N–H and O–H groups in total. The molecule has 6 rings (SSSR count). The van der Waals surface area contributed by atoms with Gasteiger partial charge in [-0.15, -0.1) is 10.2 Å². The van der Waals surface area contributed by atoms with Gasteiger partial charge < -0.3 is 14.7 Å². The van der Waals surface area contributed by atoms with E-state index in [1.807, 2.05) is 32.0 Å². The summed E-state index contributed by atoms with van der Waals surface area (Å²) in [5.41, 5.74) is 4.83. The molecule has 8 heteroatoms. The minimum atomic E-state index is -0.640. The molecule has 7 nitrogen and oxygen atoms in total. The van der Waals surface area contributed by atoms with Gasteiger partial charge in [-0.3, -0.25) is 4.79 Å². The lowest BCUT2D eigenvalue weighted by molar-refractivity contribution is -0.144. The number of hydrogen-bond acceptors (Lipinski definition) is 7. The van der Waals surface area contributed by atoms with Crippen LogP contribution in [0.3, 0.4) is 0 Å². The number of benzene rings is 2. The average molecular weight is 515 g/mol. The Morgan fingerprint density at radius 2 is 2.00 bits per heavy atom. The summed E-state index contributed by atoms with van der Waals surface area (Å²) in [5, 5.41) is 29.9. The predicted molar refractivity (Wildman–Crippen MR) is 142 cm³/mol. The van der Waals surface area contributed by atoms with Crippen molar-refractivity contribution in [1.29, 1.82) is 5.26 Å². The third kappa shape index (κ3) is 4.20. The number of aromatic nitrogens is 2. The summed E-state index contributed by atoms with van der Waals surface area (Å²) < 4.78 is 5.76. The van der Waals surface area contributed by atoms with Crippen LogP contribution in [0.5, 0.6) is 5.75 Å². The Labute approximate surface area is 220 Å². The molecule has 0 amide bonds. The first-order valence-corrected chi connectivity index (χ1v) is 13.8. The van der Waals surface area contributed by atoms with E-state index >= 15 is 0 Å². The van der Waals surface area contributed by atoms with Crippen LogP contribution in [0.25, 0.3) is 21.1 Å². The average Bonchev–Trinajstić information content (AvgIpc) is 3.21. The Bertz CT molecular complexity index is 1420. The van der Waals surface area contributed by atoms with E-state index in [1.165, 1.54) is 11.1 Å². The number of fused-ring (bicyclic) bond motifs is 2. The van der Waals surface area contributed by atoms with Crippen LogP contribution in [0, 0.1) is 16.7 Å². The molecule has 2 heterocycles. The van der Waals surface area contributed by atoms with Gasteiger partial charge in [-0.2, -0.15) is 5.26 Å². The van der Waals surface area contributed by atoms with E-state index in [2.05, 4.69) is 39.4 Å². The first kappa shape index (κ1) is 24.1. The topological polar surface area (TPSA) is 99.3 Å². The fraction of sp³-hybridized carbons (Fsp3) is 0.448. The van der Waals surface area contributed by atoms with E-state index in [0.29, 0.717) is 17.9 Å². The number of ether oxygens (including phenoxy) is 1. The smallest absolute Gasteiger partial charge is 0.310 e. The zero-order valence-electron chi connectivity index (χ0n) is 21.2. The Morgan fingerprint density at radius 1 is 1.19 bits per heavy atom. The molecule has 1 atom stereocenters. The van der Waals surface area contributed by atoms with Crippen molar-refractivity contribution in [3.05, 3.63) is 53.1 Å². The number of rotatable bonds is 7. The molecule has 2 aliphatic carbocycles. The quantitative estimate of drug-likeness (QED) is 0.458. The van der Waals surface area contributed by atoms with Crippen molar-refractivity contribution in [3.63, 3.8) is 0 Å². The van der Waals surface area contributed by atoms with Crippen LogP contribution < -0.4 is 4.74 Å². The Hall–Kier alpha value is -3.28. The van der Waals surface area contributed by atoms with E-state index < -0.39 is 11.4 Å². The van der Waals surface area contributed by atoms with Crippen LogP contribution in [-0.4, -0.2) is 51.9 Å². The van der Waals surface area contributed by atoms with Crippen LogP contribution in [-0.2, 0) is 16.6 Å². The van der Waals surface area contributed by atoms with E-state index in [9.17, 15) is 15.2 Å². The summed E-state index contributed by atoms with van der Waals surface area (Å²) in [5.74, 6) is -0.0580. The summed E-state index contributed by atoms with van der Waals surface area (Å²) in [6, 6.07) is 14.3. The van der Waals surface area contributed by atoms with E-state index in [-0.39, 0.29) is 11.5 Å². The second-order valence-corrected chi connectivity index (χ2v) is 12.0. The summed E-state index contributed by atoms with van der Waals surface area (Å²) in [6.07, 6.45) is 4.75. The molecule has 3 aromatic rings. The highest BCUT2D eigenvalue weighted by Crippen LogP contribution is 2.51. The monoisotopic (exact) mass is 514 g/mol. The molecule has 1 saturated heterocycles. The van der Waals surface area contributed by atoms with Gasteiger partial charge in [0, 0.05) is 29.6 Å². The standard InChI is InChI=1S/C29H30N4O3S/c1-18(2)36-24-7-6-19(14-20(24)15-30)25-31-32-26(37-25)22-4-3-5-23-21(22)8-9-28(23)12-13-33(16-28)17-29(10-11-29)27(34)35/h3-7,14,18H,8-13,16-17H2,1-2H3,(H,34,35). The van der Waals surface area contributed by atoms with Gasteiger partial charge in [0.05, 0.1) is 17.1 Å². The van der Waals surface area contributed by atoms with Crippen LogP contribution in [0.15, 0.2) is 36.4 Å². The van der Waals surface area contributed by atoms with Gasteiger partial charge in [0.2, 0.25) is 0 Å². The highest BCUT2D eigenvalue weighted by Gasteiger charge is 2.53. The molecule has 37 heavy (non-hydrogen) atoms. The normalized spacial score (nSPS) is 21.8. The van der Waals surface area contributed by atoms with E-state index in [0.717, 1.165) is 66.3 Å². The second kappa shape index (κ2) is 8.93. The first-order valence-electron chi connectivity index (χ1n) is 13.0. The second-order valence-electron chi connectivity index (χ2n) is 11.1. The van der Waals surface area contributed by atoms with Crippen molar-refractivity contribution in [3.8, 4) is 33.0 Å². The number of aliphatic carboxylic acids is 1. The zero-order valence-corrected chi connectivity index (χ0v) is 22.0. The molecule has 2 aromatic carbocycles. The highest BCUT2D eigenvalue weighted by atomic mass is 32.1. The number of nitrogens with zero attached hydrogens (tertiary/aromatic N) is 4. The largest absolute Gasteiger partial charge is 0.490 e. The van der Waals surface area contributed by atoms with Crippen molar-refractivity contribution < 1.29 is 14.6 Å². The summed E-state index contributed by atoms with van der Waals surface area (Å²) in [7, 11) is 0. The molecule has 1 aromatic heterocycles. The molecule has 0 bridgehead atoms. The van der Waals surface area contributed by atoms with Gasteiger partial charge in [0.1, 0.15) is 21.8 Å². The lowest BCUT2D eigenvalue weighted by Crippen LogP contribution is -2.35. The maximum absolute atomic E-state index is 11.7. The molecule has 1 unspecified atom stereocenters. The lowest BCUT2D eigenvalue weighted by atomic mass is 9.81. The Kier molecular flexibility index (Phi) is 5.81. The van der Waals surface area contributed by atoms with Gasteiger partial charge >= 0.3 is 5.97 Å². The fourth-order valence-electron chi connectivity index (χ4n) is 6.14. The number of hydrogen-bond donors (Lipinski definition) is 1. The summed E-state index contributed by atoms with van der Waals surface area (Å²) in [6.45, 7) is 6.44. The molecule has 1 saturated carbocycles. The molecule has 2 fully saturated rings. The lowest BCUT2D eigenvalue weighted by Gasteiger charge is -2.27. The molecule has 1 aliphatic heterocycles. The van der Waals surface area contributed by atoms with Crippen molar-refractivity contribution in [2.75, 3.05) is 19.6 Å². The predicted octanol–water partition coefficient (Wildman–Crippen LogP) is 5.29. The van der Waals surface area contributed by atoms with Gasteiger partial charge in [-0.25, -0.2) is 0 Å². The first-order chi connectivity index (χ1) is 17.8. The van der Waals surface area contributed by atoms with Crippen LogP contribution in [0.2, 0.25) is 0 Å². The number of carboxylic acid groups (broad SMARTS) is 1. The fourth-order valence-corrected chi connectivity index (χ4v) is 7.04. The number of carboxylic acids is 1. The van der Waals surface area contributed by atoms with Crippen molar-refractivity contribution in [2.45, 2.75) is 57.5 Å². The van der Waals surface area contributed by atoms with E-state index in [1.54, 1.807) is 11.3 Å². The third-order valence-electron chi connectivity index (χ3n) is 8.23.